The molecule has 0 unspecified atom stereocenters. The molecule has 0 aliphatic rings. The van der Waals surface area contributed by atoms with E-state index in [2.05, 4.69) is 15.5 Å². The monoisotopic (exact) mass is 278 g/mol. The average Bonchev–Trinajstić information content (AvgIpc) is 3.04. The van der Waals surface area contributed by atoms with E-state index < -0.39 is 4.92 Å². The van der Waals surface area contributed by atoms with E-state index in [1.54, 1.807) is 10.9 Å². The first-order valence-electron chi connectivity index (χ1n) is 6.03. The van der Waals surface area contributed by atoms with Crippen LogP contribution in [0.3, 0.4) is 0 Å². The van der Waals surface area contributed by atoms with Crippen molar-refractivity contribution in [2.75, 3.05) is 0 Å². The topological polar surface area (TPSA) is 108 Å². The fraction of sp³-hybridized carbons (Fsp3) is 0.364. The van der Waals surface area contributed by atoms with Crippen LogP contribution in [0.2, 0.25) is 0 Å². The van der Waals surface area contributed by atoms with E-state index in [-0.39, 0.29) is 18.1 Å². The lowest BCUT2D eigenvalue weighted by atomic mass is 10.3. The van der Waals surface area contributed by atoms with Crippen molar-refractivity contribution < 1.29 is 9.72 Å². The van der Waals surface area contributed by atoms with Gasteiger partial charge in [0.2, 0.25) is 5.91 Å². The molecule has 0 atom stereocenters. The van der Waals surface area contributed by atoms with Gasteiger partial charge < -0.3 is 5.32 Å². The van der Waals surface area contributed by atoms with Crippen LogP contribution in [0.25, 0.3) is 0 Å². The van der Waals surface area contributed by atoms with Gasteiger partial charge >= 0.3 is 5.69 Å². The number of carbonyl (C=O) groups excluding carboxylic acids is 1. The Morgan fingerprint density at radius 3 is 2.70 bits per heavy atom. The molecule has 0 saturated carbocycles. The van der Waals surface area contributed by atoms with E-state index in [9.17, 15) is 14.9 Å². The Bertz CT molecular complexity index is 617. The zero-order chi connectivity index (χ0) is 14.5. The Balaban J connectivity index is 1.84. The van der Waals surface area contributed by atoms with Crippen LogP contribution in [-0.2, 0) is 24.4 Å². The van der Waals surface area contributed by atoms with Crippen LogP contribution in [0.1, 0.15) is 12.5 Å². The van der Waals surface area contributed by atoms with Gasteiger partial charge in [-0.05, 0) is 6.92 Å². The van der Waals surface area contributed by atoms with Crippen LogP contribution in [-0.4, -0.2) is 30.4 Å². The van der Waals surface area contributed by atoms with Crippen molar-refractivity contribution in [1.29, 1.82) is 0 Å². The van der Waals surface area contributed by atoms with Crippen LogP contribution in [0.5, 0.6) is 0 Å². The number of aryl methyl sites for hydroxylation is 1. The maximum atomic E-state index is 11.7. The van der Waals surface area contributed by atoms with E-state index >= 15 is 0 Å². The van der Waals surface area contributed by atoms with Gasteiger partial charge in [0, 0.05) is 24.8 Å². The van der Waals surface area contributed by atoms with Gasteiger partial charge in [0.15, 0.2) is 0 Å². The first kappa shape index (κ1) is 13.7. The third-order valence-electron chi connectivity index (χ3n) is 2.64. The Morgan fingerprint density at radius 1 is 1.35 bits per heavy atom. The van der Waals surface area contributed by atoms with Gasteiger partial charge in [-0.2, -0.15) is 10.2 Å². The third-order valence-corrected chi connectivity index (χ3v) is 2.64. The smallest absolute Gasteiger partial charge is 0.307 e. The molecule has 2 aromatic heterocycles. The van der Waals surface area contributed by atoms with E-state index in [1.807, 2.05) is 13.1 Å². The molecule has 2 heterocycles. The molecule has 0 spiro atoms. The Morgan fingerprint density at radius 2 is 2.10 bits per heavy atom. The molecule has 1 N–H and O–H groups in total. The Hall–Kier alpha value is -2.71. The molecule has 2 rings (SSSR count). The molecule has 9 heteroatoms. The molecular formula is C11H14N6O3. The lowest BCUT2D eigenvalue weighted by Crippen LogP contribution is -2.27. The van der Waals surface area contributed by atoms with Gasteiger partial charge in [0.25, 0.3) is 0 Å². The number of carbonyl (C=O) groups is 1. The second kappa shape index (κ2) is 5.95. The highest BCUT2D eigenvalue weighted by molar-refractivity contribution is 5.75. The number of nitro groups is 1. The summed E-state index contributed by atoms with van der Waals surface area (Å²) in [7, 11) is 0. The van der Waals surface area contributed by atoms with Crippen LogP contribution in [0.15, 0.2) is 24.8 Å². The normalized spacial score (nSPS) is 10.4. The molecule has 0 fully saturated rings. The molecule has 0 aromatic carbocycles. The summed E-state index contributed by atoms with van der Waals surface area (Å²) in [6, 6.07) is 0. The second-order valence-corrected chi connectivity index (χ2v) is 4.13. The van der Waals surface area contributed by atoms with Crippen LogP contribution in [0, 0.1) is 10.1 Å². The van der Waals surface area contributed by atoms with Gasteiger partial charge in [-0.15, -0.1) is 0 Å². The molecular weight excluding hydrogens is 264 g/mol. The minimum absolute atomic E-state index is 0.0598. The highest BCUT2D eigenvalue weighted by Crippen LogP contribution is 2.07. The number of rotatable bonds is 6. The summed E-state index contributed by atoms with van der Waals surface area (Å²) in [4.78, 5) is 21.6. The van der Waals surface area contributed by atoms with Gasteiger partial charge in [-0.25, -0.2) is 0 Å². The largest absolute Gasteiger partial charge is 0.350 e. The fourth-order valence-corrected chi connectivity index (χ4v) is 1.61. The van der Waals surface area contributed by atoms with Crippen LogP contribution in [0.4, 0.5) is 5.69 Å². The van der Waals surface area contributed by atoms with E-state index in [0.29, 0.717) is 6.54 Å². The van der Waals surface area contributed by atoms with Crippen molar-refractivity contribution in [3.8, 4) is 0 Å². The highest BCUT2D eigenvalue weighted by atomic mass is 16.6. The first-order valence-corrected chi connectivity index (χ1v) is 6.03. The van der Waals surface area contributed by atoms with Crippen molar-refractivity contribution >= 4 is 11.6 Å². The maximum Gasteiger partial charge on any atom is 0.307 e. The van der Waals surface area contributed by atoms with Crippen molar-refractivity contribution in [3.05, 3.63) is 40.5 Å². The van der Waals surface area contributed by atoms with Crippen molar-refractivity contribution in [3.63, 3.8) is 0 Å². The van der Waals surface area contributed by atoms with E-state index in [4.69, 9.17) is 0 Å². The van der Waals surface area contributed by atoms with Gasteiger partial charge in [-0.1, -0.05) is 0 Å². The van der Waals surface area contributed by atoms with Crippen LogP contribution >= 0.6 is 0 Å². The minimum Gasteiger partial charge on any atom is -0.350 e. The molecule has 1 amide bonds. The number of amides is 1. The Kier molecular flexibility index (Phi) is 4.08. The van der Waals surface area contributed by atoms with Crippen LogP contribution < -0.4 is 5.32 Å². The quantitative estimate of drug-likeness (QED) is 0.605. The summed E-state index contributed by atoms with van der Waals surface area (Å²) >= 11 is 0. The lowest BCUT2D eigenvalue weighted by molar-refractivity contribution is -0.385. The number of nitrogens with one attached hydrogen (secondary N) is 1. The van der Waals surface area contributed by atoms with Gasteiger partial charge in [-0.3, -0.25) is 24.3 Å². The maximum absolute atomic E-state index is 11.7. The van der Waals surface area contributed by atoms with Gasteiger partial charge in [0.1, 0.15) is 18.9 Å². The van der Waals surface area contributed by atoms with Gasteiger partial charge in [0.05, 0.1) is 11.1 Å². The van der Waals surface area contributed by atoms with Crippen molar-refractivity contribution in [2.24, 2.45) is 0 Å². The van der Waals surface area contributed by atoms with E-state index in [0.717, 1.165) is 18.3 Å². The molecule has 106 valence electrons. The fourth-order valence-electron chi connectivity index (χ4n) is 1.61. The number of nitrogens with zero attached hydrogens (tertiary/aromatic N) is 5. The summed E-state index contributed by atoms with van der Waals surface area (Å²) in [5, 5.41) is 21.0. The average molecular weight is 278 g/mol. The van der Waals surface area contributed by atoms with E-state index in [1.165, 1.54) is 10.9 Å². The molecule has 0 bridgehead atoms. The molecule has 2 aromatic rings. The predicted octanol–water partition coefficient (Wildman–Crippen LogP) is 0.324. The highest BCUT2D eigenvalue weighted by Gasteiger charge is 2.11. The number of aromatic nitrogens is 4. The summed E-state index contributed by atoms with van der Waals surface area (Å²) < 4.78 is 2.99. The minimum atomic E-state index is -0.555. The molecule has 0 aliphatic carbocycles. The summed E-state index contributed by atoms with van der Waals surface area (Å²) in [5.41, 5.74) is 0.758. The zero-order valence-electron chi connectivity index (χ0n) is 10.9. The molecule has 0 aliphatic heterocycles. The first-order chi connectivity index (χ1) is 9.58. The van der Waals surface area contributed by atoms with Crippen molar-refractivity contribution in [2.45, 2.75) is 26.6 Å². The predicted molar refractivity (Wildman–Crippen MR) is 68.6 cm³/mol. The zero-order valence-corrected chi connectivity index (χ0v) is 10.9. The third kappa shape index (κ3) is 3.40. The molecule has 20 heavy (non-hydrogen) atoms. The lowest BCUT2D eigenvalue weighted by Gasteiger charge is -2.03. The standard InChI is InChI=1S/C11H14N6O3/c1-2-15-6-9(4-13-15)3-12-11(18)8-16-7-10(5-14-16)17(19)20/h4-7H,2-3,8H2,1H3,(H,12,18). The Labute approximate surface area is 114 Å². The molecule has 0 saturated heterocycles. The molecule has 9 nitrogen and oxygen atoms in total. The summed E-state index contributed by atoms with van der Waals surface area (Å²) in [6.07, 6.45) is 5.86. The summed E-state index contributed by atoms with van der Waals surface area (Å²) in [6.45, 7) is 3.04. The SMILES string of the molecule is CCn1cc(CNC(=O)Cn2cc([N+](=O)[O-])cn2)cn1. The van der Waals surface area contributed by atoms with Crippen molar-refractivity contribution in [1.82, 2.24) is 24.9 Å². The summed E-state index contributed by atoms with van der Waals surface area (Å²) in [5.74, 6) is -0.271. The second-order valence-electron chi connectivity index (χ2n) is 4.13. The number of hydrogen-bond acceptors (Lipinski definition) is 5. The number of hydrogen-bond donors (Lipinski definition) is 1. The molecule has 0 radical (unpaired) electrons.